The van der Waals surface area contributed by atoms with Gasteiger partial charge in [-0.3, -0.25) is 0 Å². The monoisotopic (exact) mass is 258 g/mol. The number of carbonyl (C=O) groups is 1. The van der Waals surface area contributed by atoms with Crippen LogP contribution in [0.3, 0.4) is 0 Å². The van der Waals surface area contributed by atoms with Crippen molar-refractivity contribution in [3.8, 4) is 0 Å². The van der Waals surface area contributed by atoms with Gasteiger partial charge in [0.2, 0.25) is 0 Å². The lowest BCUT2D eigenvalue weighted by Crippen LogP contribution is -2.41. The van der Waals surface area contributed by atoms with Crippen LogP contribution >= 0.6 is 7.77 Å². The van der Waals surface area contributed by atoms with E-state index in [4.69, 9.17) is 9.47 Å². The zero-order chi connectivity index (χ0) is 13.1. The Morgan fingerprint density at radius 1 is 1.65 bits per heavy atom. The van der Waals surface area contributed by atoms with Gasteiger partial charge in [-0.15, -0.1) is 0 Å². The van der Waals surface area contributed by atoms with Gasteiger partial charge in [-0.05, 0) is 0 Å². The molecule has 0 N–H and O–H groups in total. The molecule has 94 valence electrons. The Bertz CT molecular complexity index is 381. The molecule has 0 saturated carbocycles. The molecular formula is C11H17NO4P+. The van der Waals surface area contributed by atoms with Crippen LogP contribution in [0.2, 0.25) is 0 Å². The van der Waals surface area contributed by atoms with E-state index >= 15 is 0 Å². The molecular weight excluding hydrogens is 241 g/mol. The highest BCUT2D eigenvalue weighted by Gasteiger charge is 2.31. The van der Waals surface area contributed by atoms with Crippen molar-refractivity contribution in [3.63, 3.8) is 0 Å². The number of hydrogen-bond acceptors (Lipinski definition) is 4. The van der Waals surface area contributed by atoms with E-state index in [1.807, 2.05) is 21.1 Å². The second-order valence-electron chi connectivity index (χ2n) is 4.65. The molecule has 0 fully saturated rings. The van der Waals surface area contributed by atoms with Crippen LogP contribution in [0.5, 0.6) is 0 Å². The van der Waals surface area contributed by atoms with Gasteiger partial charge in [-0.25, -0.2) is 4.79 Å². The fourth-order valence-corrected chi connectivity index (χ4v) is 2.57. The number of esters is 1. The lowest BCUT2D eigenvalue weighted by atomic mass is 10.5. The van der Waals surface area contributed by atoms with Gasteiger partial charge in [-0.1, -0.05) is 6.58 Å². The lowest BCUT2D eigenvalue weighted by Gasteiger charge is -2.24. The average molecular weight is 258 g/mol. The van der Waals surface area contributed by atoms with Gasteiger partial charge in [0.15, 0.2) is 14.3 Å². The van der Waals surface area contributed by atoms with E-state index < -0.39 is 19.6 Å². The second kappa shape index (κ2) is 5.45. The quantitative estimate of drug-likeness (QED) is 0.305. The molecule has 0 aliphatic carbocycles. The average Bonchev–Trinajstić information content (AvgIpc) is 2.11. The Hall–Kier alpha value is -1.16. The maximum atomic E-state index is 12.1. The smallest absolute Gasteiger partial charge is 0.338 e. The van der Waals surface area contributed by atoms with Crippen molar-refractivity contribution < 1.29 is 23.6 Å². The molecule has 1 aliphatic rings. The summed E-state index contributed by atoms with van der Waals surface area (Å²) >= 11 is 0. The van der Waals surface area contributed by atoms with Crippen molar-refractivity contribution in [1.29, 1.82) is 0 Å². The van der Waals surface area contributed by atoms with E-state index in [9.17, 15) is 9.69 Å². The van der Waals surface area contributed by atoms with E-state index in [0.29, 0.717) is 11.0 Å². The SMILES string of the molecule is C=CC(=O)OC(C[N+](C)(C)C)=[P+]([O-])C1C=CO1. The molecule has 2 atom stereocenters. The zero-order valence-electron chi connectivity index (χ0n) is 10.3. The fraction of sp³-hybridized carbons (Fsp3) is 0.455. The van der Waals surface area contributed by atoms with Crippen molar-refractivity contribution in [1.82, 2.24) is 0 Å². The minimum atomic E-state index is -1.87. The number of quaternary nitrogens is 1. The van der Waals surface area contributed by atoms with Gasteiger partial charge in [0.1, 0.15) is 0 Å². The highest BCUT2D eigenvalue weighted by atomic mass is 31.1. The Balaban J connectivity index is 2.88. The van der Waals surface area contributed by atoms with Crippen LogP contribution in [-0.2, 0) is 14.3 Å². The summed E-state index contributed by atoms with van der Waals surface area (Å²) in [4.78, 5) is 23.3. The normalized spacial score (nSPS) is 19.9. The van der Waals surface area contributed by atoms with Crippen molar-refractivity contribution >= 4 is 19.2 Å². The van der Waals surface area contributed by atoms with Gasteiger partial charge in [0, 0.05) is 12.2 Å². The third-order valence-electron chi connectivity index (χ3n) is 1.93. The summed E-state index contributed by atoms with van der Waals surface area (Å²) in [5, 5.41) is 0. The third kappa shape index (κ3) is 4.30. The largest absolute Gasteiger partial charge is 0.624 e. The molecule has 0 aromatic rings. The summed E-state index contributed by atoms with van der Waals surface area (Å²) in [5.41, 5.74) is 0.242. The van der Waals surface area contributed by atoms with Crippen molar-refractivity contribution in [2.45, 2.75) is 5.85 Å². The van der Waals surface area contributed by atoms with Crippen LogP contribution in [0.15, 0.2) is 25.0 Å². The van der Waals surface area contributed by atoms with Gasteiger partial charge in [0.05, 0.1) is 27.4 Å². The Morgan fingerprint density at radius 2 is 2.24 bits per heavy atom. The minimum absolute atomic E-state index is 0.242. The first-order chi connectivity index (χ1) is 7.83. The Kier molecular flexibility index (Phi) is 4.46. The summed E-state index contributed by atoms with van der Waals surface area (Å²) in [6.45, 7) is 3.69. The molecule has 6 heteroatoms. The molecule has 1 rings (SSSR count). The third-order valence-corrected chi connectivity index (χ3v) is 3.41. The van der Waals surface area contributed by atoms with Crippen molar-refractivity contribution in [2.75, 3.05) is 27.7 Å². The highest BCUT2D eigenvalue weighted by Crippen LogP contribution is 2.30. The van der Waals surface area contributed by atoms with Crippen molar-refractivity contribution in [2.24, 2.45) is 0 Å². The summed E-state index contributed by atoms with van der Waals surface area (Å²) in [7, 11) is 3.89. The van der Waals surface area contributed by atoms with Crippen LogP contribution in [-0.4, -0.2) is 49.5 Å². The van der Waals surface area contributed by atoms with Crippen LogP contribution < -0.4 is 4.89 Å². The van der Waals surface area contributed by atoms with E-state index in [1.54, 1.807) is 6.08 Å². The number of hydrogen-bond donors (Lipinski definition) is 0. The predicted molar refractivity (Wildman–Crippen MR) is 65.1 cm³/mol. The van der Waals surface area contributed by atoms with Crippen LogP contribution in [0.4, 0.5) is 0 Å². The number of nitrogens with zero attached hydrogens (tertiary/aromatic N) is 1. The zero-order valence-corrected chi connectivity index (χ0v) is 11.1. The maximum absolute atomic E-state index is 12.1. The van der Waals surface area contributed by atoms with E-state index in [-0.39, 0.29) is 5.48 Å². The first-order valence-electron chi connectivity index (χ1n) is 5.12. The van der Waals surface area contributed by atoms with Gasteiger partial charge < -0.3 is 18.9 Å². The number of rotatable bonds is 5. The second-order valence-corrected chi connectivity index (χ2v) is 6.31. The topological polar surface area (TPSA) is 58.6 Å². The summed E-state index contributed by atoms with van der Waals surface area (Å²) in [6.07, 6.45) is 4.20. The predicted octanol–water partition coefficient (Wildman–Crippen LogP) is 0.179. The lowest BCUT2D eigenvalue weighted by molar-refractivity contribution is -0.861. The van der Waals surface area contributed by atoms with Crippen LogP contribution in [0.25, 0.3) is 0 Å². The molecule has 0 aromatic heterocycles. The molecule has 0 bridgehead atoms. The minimum Gasteiger partial charge on any atom is -0.624 e. The van der Waals surface area contributed by atoms with Crippen molar-refractivity contribution in [3.05, 3.63) is 25.0 Å². The maximum Gasteiger partial charge on any atom is 0.338 e. The Morgan fingerprint density at radius 3 is 2.59 bits per heavy atom. The molecule has 0 amide bonds. The van der Waals surface area contributed by atoms with E-state index in [2.05, 4.69) is 6.58 Å². The number of likely N-dealkylation sites (N-methyl/N-ethyl adjacent to an activating group) is 1. The molecule has 1 aliphatic heterocycles. The summed E-state index contributed by atoms with van der Waals surface area (Å²) in [5.74, 6) is -1.08. The van der Waals surface area contributed by atoms with Gasteiger partial charge in [-0.2, -0.15) is 0 Å². The van der Waals surface area contributed by atoms with Crippen LogP contribution in [0.1, 0.15) is 0 Å². The number of carbonyl (C=O) groups excluding carboxylic acids is 1. The first-order valence-corrected chi connectivity index (χ1v) is 6.45. The molecule has 0 saturated heterocycles. The van der Waals surface area contributed by atoms with Crippen LogP contribution in [0, 0.1) is 0 Å². The Labute approximate surface area is 102 Å². The number of ether oxygens (including phenoxy) is 2. The summed E-state index contributed by atoms with van der Waals surface area (Å²) in [6, 6.07) is 0. The summed E-state index contributed by atoms with van der Waals surface area (Å²) < 4.78 is 10.5. The standard InChI is InChI=1S/C11H17NO4P/c1-5-9(13)16-11(8-12(2,3)4)17(14)10-6-7-15-10/h5-7,10H,1,8H2,2-4H3/q+1. The molecule has 0 spiro atoms. The molecule has 0 radical (unpaired) electrons. The fourth-order valence-electron chi connectivity index (χ4n) is 1.13. The van der Waals surface area contributed by atoms with E-state index in [1.165, 1.54) is 6.26 Å². The van der Waals surface area contributed by atoms with Gasteiger partial charge >= 0.3 is 11.4 Å². The van der Waals surface area contributed by atoms with E-state index in [0.717, 1.165) is 6.08 Å². The first kappa shape index (κ1) is 13.9. The van der Waals surface area contributed by atoms with Gasteiger partial charge in [0.25, 0.3) is 5.85 Å². The molecule has 1 heterocycles. The molecule has 17 heavy (non-hydrogen) atoms. The highest BCUT2D eigenvalue weighted by molar-refractivity contribution is 7.52. The molecule has 0 aromatic carbocycles. The molecule has 2 unspecified atom stereocenters. The molecule has 5 nitrogen and oxygen atoms in total.